The lowest BCUT2D eigenvalue weighted by molar-refractivity contribution is -0.153. The second-order valence-corrected chi connectivity index (χ2v) is 12.5. The Labute approximate surface area is 239 Å². The Bertz CT molecular complexity index is 1580. The predicted octanol–water partition coefficient (Wildman–Crippen LogP) is 4.27. The summed E-state index contributed by atoms with van der Waals surface area (Å²) >= 11 is 0. The maximum Gasteiger partial charge on any atom is 0.338 e. The second kappa shape index (κ2) is 11.6. The minimum Gasteiger partial charge on any atom is -0.497 e. The summed E-state index contributed by atoms with van der Waals surface area (Å²) in [7, 11) is -1.24. The van der Waals surface area contributed by atoms with Crippen molar-refractivity contribution in [2.75, 3.05) is 19.1 Å². The van der Waals surface area contributed by atoms with E-state index in [1.54, 1.807) is 64.3 Å². The lowest BCUT2D eigenvalue weighted by Gasteiger charge is -2.34. The molecule has 0 bridgehead atoms. The standard InChI is InChI=1S/C30H33N3O7S/c1-30(2,3)40-27(34)16-20-9-11-21(12-10-20)19-33-29(36)32(4)25-14-13-23(17-26(25)41(33,37)38)28(35)31-18-22-7-6-8-24(15-22)39-5/h6-15,17H,16,18-19H2,1-5H3,(H,31,35). The van der Waals surface area contributed by atoms with Crippen LogP contribution in [0.3, 0.4) is 0 Å². The van der Waals surface area contributed by atoms with Crippen molar-refractivity contribution in [2.24, 2.45) is 0 Å². The van der Waals surface area contributed by atoms with Gasteiger partial charge in [0, 0.05) is 19.2 Å². The molecule has 0 saturated carbocycles. The number of rotatable bonds is 8. The molecule has 1 heterocycles. The number of carbonyl (C=O) groups excluding carboxylic acids is 3. The molecular weight excluding hydrogens is 546 g/mol. The number of methoxy groups -OCH3 is 1. The quantitative estimate of drug-likeness (QED) is 0.396. The topological polar surface area (TPSA) is 122 Å². The summed E-state index contributed by atoms with van der Waals surface area (Å²) in [5.41, 5.74) is 1.80. The molecule has 1 N–H and O–H groups in total. The van der Waals surface area contributed by atoms with E-state index in [4.69, 9.17) is 9.47 Å². The molecule has 41 heavy (non-hydrogen) atoms. The zero-order chi connectivity index (χ0) is 29.9. The van der Waals surface area contributed by atoms with E-state index < -0.39 is 27.6 Å². The van der Waals surface area contributed by atoms with Gasteiger partial charge in [-0.1, -0.05) is 36.4 Å². The molecule has 0 radical (unpaired) electrons. The highest BCUT2D eigenvalue weighted by molar-refractivity contribution is 7.90. The van der Waals surface area contributed by atoms with Crippen molar-refractivity contribution in [3.05, 3.63) is 89.0 Å². The van der Waals surface area contributed by atoms with Gasteiger partial charge in [0.2, 0.25) is 0 Å². The van der Waals surface area contributed by atoms with Gasteiger partial charge >= 0.3 is 12.0 Å². The Kier molecular flexibility index (Phi) is 8.39. The van der Waals surface area contributed by atoms with Gasteiger partial charge in [-0.15, -0.1) is 0 Å². The Morgan fingerprint density at radius 1 is 0.927 bits per heavy atom. The fraction of sp³-hybridized carbons (Fsp3) is 0.300. The first-order valence-electron chi connectivity index (χ1n) is 12.9. The largest absolute Gasteiger partial charge is 0.497 e. The first-order valence-corrected chi connectivity index (χ1v) is 14.4. The van der Waals surface area contributed by atoms with Crippen LogP contribution in [0.5, 0.6) is 5.75 Å². The number of benzene rings is 3. The number of fused-ring (bicyclic) bond motifs is 1. The van der Waals surface area contributed by atoms with E-state index in [9.17, 15) is 22.8 Å². The Morgan fingerprint density at radius 3 is 2.27 bits per heavy atom. The summed E-state index contributed by atoms with van der Waals surface area (Å²) in [6.07, 6.45) is 0.0667. The third kappa shape index (κ3) is 6.86. The van der Waals surface area contributed by atoms with Crippen LogP contribution in [0.4, 0.5) is 10.5 Å². The van der Waals surface area contributed by atoms with Crippen molar-refractivity contribution in [3.63, 3.8) is 0 Å². The van der Waals surface area contributed by atoms with Crippen molar-refractivity contribution >= 4 is 33.6 Å². The van der Waals surface area contributed by atoms with Crippen molar-refractivity contribution in [1.82, 2.24) is 9.62 Å². The molecule has 11 heteroatoms. The van der Waals surface area contributed by atoms with Crippen LogP contribution < -0.4 is 15.0 Å². The Morgan fingerprint density at radius 2 is 1.61 bits per heavy atom. The van der Waals surface area contributed by atoms with Gasteiger partial charge in [0.25, 0.3) is 15.9 Å². The summed E-state index contributed by atoms with van der Waals surface area (Å²) in [5.74, 6) is -0.180. The molecule has 1 aliphatic heterocycles. The maximum absolute atomic E-state index is 13.6. The number of urea groups is 1. The van der Waals surface area contributed by atoms with Gasteiger partial charge in [0.15, 0.2) is 0 Å². The van der Waals surface area contributed by atoms with Crippen LogP contribution in [0, 0.1) is 0 Å². The molecule has 216 valence electrons. The molecule has 0 saturated heterocycles. The monoisotopic (exact) mass is 579 g/mol. The number of amides is 3. The molecule has 3 aromatic rings. The number of carbonyl (C=O) groups is 3. The lowest BCUT2D eigenvalue weighted by Crippen LogP contribution is -2.48. The van der Waals surface area contributed by atoms with Gasteiger partial charge in [-0.2, -0.15) is 0 Å². The van der Waals surface area contributed by atoms with E-state index in [1.807, 2.05) is 12.1 Å². The summed E-state index contributed by atoms with van der Waals surface area (Å²) in [6.45, 7) is 5.36. The zero-order valence-electron chi connectivity index (χ0n) is 23.6. The van der Waals surface area contributed by atoms with Crippen LogP contribution in [0.2, 0.25) is 0 Å². The minimum atomic E-state index is -4.27. The molecule has 0 spiro atoms. The van der Waals surface area contributed by atoms with Gasteiger partial charge < -0.3 is 14.8 Å². The number of nitrogens with one attached hydrogen (secondary N) is 1. The van der Waals surface area contributed by atoms with E-state index >= 15 is 0 Å². The summed E-state index contributed by atoms with van der Waals surface area (Å²) in [5, 5.41) is 2.79. The predicted molar refractivity (Wildman–Crippen MR) is 153 cm³/mol. The van der Waals surface area contributed by atoms with Gasteiger partial charge in [-0.25, -0.2) is 17.5 Å². The molecular formula is C30H33N3O7S. The first kappa shape index (κ1) is 29.6. The second-order valence-electron chi connectivity index (χ2n) is 10.6. The number of hydrogen-bond acceptors (Lipinski definition) is 7. The normalized spacial score (nSPS) is 14.3. The highest BCUT2D eigenvalue weighted by Gasteiger charge is 2.40. The SMILES string of the molecule is COc1cccc(CNC(=O)c2ccc3c(c2)S(=O)(=O)N(Cc2ccc(CC(=O)OC(C)(C)C)cc2)C(=O)N3C)c1. The number of hydrogen-bond donors (Lipinski definition) is 1. The van der Waals surface area contributed by atoms with Gasteiger partial charge in [0.1, 0.15) is 16.2 Å². The average Bonchev–Trinajstić information content (AvgIpc) is 2.92. The summed E-state index contributed by atoms with van der Waals surface area (Å²) in [4.78, 5) is 39.2. The molecule has 0 aliphatic carbocycles. The fourth-order valence-electron chi connectivity index (χ4n) is 4.32. The Hall–Kier alpha value is -4.38. The van der Waals surface area contributed by atoms with E-state index in [2.05, 4.69) is 5.32 Å². The molecule has 0 unspecified atom stereocenters. The third-order valence-electron chi connectivity index (χ3n) is 6.36. The van der Waals surface area contributed by atoms with Crippen LogP contribution in [0.15, 0.2) is 71.6 Å². The first-order chi connectivity index (χ1) is 19.3. The van der Waals surface area contributed by atoms with Crippen molar-refractivity contribution in [2.45, 2.75) is 50.8 Å². The van der Waals surface area contributed by atoms with Gasteiger partial charge in [-0.05, 0) is 67.8 Å². The third-order valence-corrected chi connectivity index (χ3v) is 8.10. The molecule has 0 aromatic heterocycles. The molecule has 3 aromatic carbocycles. The fourth-order valence-corrected chi connectivity index (χ4v) is 5.95. The van der Waals surface area contributed by atoms with Crippen molar-refractivity contribution in [3.8, 4) is 5.75 Å². The smallest absolute Gasteiger partial charge is 0.338 e. The average molecular weight is 580 g/mol. The van der Waals surface area contributed by atoms with Crippen LogP contribution in [-0.4, -0.2) is 50.4 Å². The molecule has 3 amide bonds. The molecule has 4 rings (SSSR count). The van der Waals surface area contributed by atoms with Crippen molar-refractivity contribution in [1.29, 1.82) is 0 Å². The molecule has 0 fully saturated rings. The highest BCUT2D eigenvalue weighted by atomic mass is 32.2. The van der Waals surface area contributed by atoms with Crippen LogP contribution in [0.25, 0.3) is 0 Å². The van der Waals surface area contributed by atoms with E-state index in [0.29, 0.717) is 16.9 Å². The van der Waals surface area contributed by atoms with E-state index in [-0.39, 0.29) is 41.6 Å². The van der Waals surface area contributed by atoms with Crippen molar-refractivity contribution < 1.29 is 32.3 Å². The van der Waals surface area contributed by atoms with Crippen LogP contribution >= 0.6 is 0 Å². The molecule has 10 nitrogen and oxygen atoms in total. The maximum atomic E-state index is 13.6. The molecule has 0 atom stereocenters. The number of esters is 1. The highest BCUT2D eigenvalue weighted by Crippen LogP contribution is 2.35. The van der Waals surface area contributed by atoms with Gasteiger partial charge in [-0.3, -0.25) is 14.5 Å². The number of anilines is 1. The number of nitrogens with zero attached hydrogens (tertiary/aromatic N) is 2. The Balaban J connectivity index is 1.51. The number of ether oxygens (including phenoxy) is 2. The van der Waals surface area contributed by atoms with Crippen LogP contribution in [0.1, 0.15) is 47.8 Å². The lowest BCUT2D eigenvalue weighted by atomic mass is 10.1. The van der Waals surface area contributed by atoms with E-state index in [1.165, 1.54) is 30.1 Å². The van der Waals surface area contributed by atoms with Gasteiger partial charge in [0.05, 0.1) is 25.8 Å². The van der Waals surface area contributed by atoms with E-state index in [0.717, 1.165) is 9.87 Å². The summed E-state index contributed by atoms with van der Waals surface area (Å²) < 4.78 is 38.5. The van der Waals surface area contributed by atoms with Crippen LogP contribution in [-0.2, 0) is 39.1 Å². The molecule has 1 aliphatic rings. The summed E-state index contributed by atoms with van der Waals surface area (Å²) in [6, 6.07) is 17.5. The zero-order valence-corrected chi connectivity index (χ0v) is 24.4. The minimum absolute atomic E-state index is 0.0667. The number of sulfonamides is 1.